The summed E-state index contributed by atoms with van der Waals surface area (Å²) in [5.74, 6) is -1.44. The second-order valence-corrected chi connectivity index (χ2v) is 3.98. The molecule has 0 aliphatic rings. The minimum absolute atomic E-state index is 0.128. The van der Waals surface area contributed by atoms with Crippen LogP contribution in [0.5, 0.6) is 0 Å². The van der Waals surface area contributed by atoms with Crippen molar-refractivity contribution in [3.05, 3.63) is 25.3 Å². The van der Waals surface area contributed by atoms with Gasteiger partial charge in [0.2, 0.25) is 5.91 Å². The number of esters is 2. The Bertz CT molecular complexity index is 356. The van der Waals surface area contributed by atoms with Crippen molar-refractivity contribution in [2.75, 3.05) is 12.9 Å². The summed E-state index contributed by atoms with van der Waals surface area (Å²) in [6.45, 7) is 6.39. The molecule has 0 aliphatic heterocycles. The zero-order valence-electron chi connectivity index (χ0n) is 10.7. The molecule has 0 bridgehead atoms. The minimum atomic E-state index is -0.693. The van der Waals surface area contributed by atoms with Crippen molar-refractivity contribution >= 4 is 29.8 Å². The SMILES string of the molecule is C=CC(=O)OCC(CCC(=O)NSC)OC(=O)C=C. The summed E-state index contributed by atoms with van der Waals surface area (Å²) in [4.78, 5) is 33.3. The molecule has 0 aliphatic carbocycles. The second kappa shape index (κ2) is 10.2. The summed E-state index contributed by atoms with van der Waals surface area (Å²) >= 11 is 1.18. The first-order valence-electron chi connectivity index (χ1n) is 5.47. The number of hydrogen-bond donors (Lipinski definition) is 1. The first kappa shape index (κ1) is 17.2. The smallest absolute Gasteiger partial charge is 0.330 e. The molecule has 6 nitrogen and oxygen atoms in total. The van der Waals surface area contributed by atoms with Gasteiger partial charge in [-0.2, -0.15) is 0 Å². The van der Waals surface area contributed by atoms with Crippen LogP contribution in [0.1, 0.15) is 12.8 Å². The largest absolute Gasteiger partial charge is 0.459 e. The van der Waals surface area contributed by atoms with Crippen LogP contribution in [-0.2, 0) is 23.9 Å². The Balaban J connectivity index is 4.27. The van der Waals surface area contributed by atoms with Crippen molar-refractivity contribution in [1.29, 1.82) is 0 Å². The number of amides is 1. The zero-order valence-corrected chi connectivity index (χ0v) is 11.5. The van der Waals surface area contributed by atoms with Crippen LogP contribution in [-0.4, -0.2) is 36.8 Å². The van der Waals surface area contributed by atoms with Gasteiger partial charge in [-0.05, 0) is 6.42 Å². The van der Waals surface area contributed by atoms with Crippen molar-refractivity contribution in [3.8, 4) is 0 Å². The van der Waals surface area contributed by atoms with E-state index in [-0.39, 0.29) is 25.4 Å². The van der Waals surface area contributed by atoms with Crippen LogP contribution >= 0.6 is 11.9 Å². The van der Waals surface area contributed by atoms with Crippen molar-refractivity contribution in [2.24, 2.45) is 0 Å². The summed E-state index contributed by atoms with van der Waals surface area (Å²) in [5, 5.41) is 0. The van der Waals surface area contributed by atoms with Crippen LogP contribution in [0.4, 0.5) is 0 Å². The first-order chi connectivity index (χ1) is 9.03. The summed E-state index contributed by atoms with van der Waals surface area (Å²) in [7, 11) is 0. The number of nitrogens with one attached hydrogen (secondary N) is 1. The van der Waals surface area contributed by atoms with E-state index >= 15 is 0 Å². The maximum atomic E-state index is 11.3. The standard InChI is InChI=1S/C12H17NO5S/c1-4-11(15)17-8-9(18-12(16)5-2)6-7-10(14)13-19-3/h4-5,9H,1-2,6-8H2,3H3,(H,13,14). The van der Waals surface area contributed by atoms with Crippen LogP contribution < -0.4 is 4.72 Å². The van der Waals surface area contributed by atoms with Crippen LogP contribution in [0.3, 0.4) is 0 Å². The Labute approximate surface area is 116 Å². The molecule has 0 fully saturated rings. The Morgan fingerprint density at radius 3 is 2.42 bits per heavy atom. The maximum absolute atomic E-state index is 11.3. The summed E-state index contributed by atoms with van der Waals surface area (Å²) in [6.07, 6.45) is 3.44. The highest BCUT2D eigenvalue weighted by Crippen LogP contribution is 2.06. The van der Waals surface area contributed by atoms with E-state index in [0.717, 1.165) is 12.2 Å². The average Bonchev–Trinajstić information content (AvgIpc) is 2.41. The highest BCUT2D eigenvalue weighted by atomic mass is 32.2. The third kappa shape index (κ3) is 8.90. The zero-order chi connectivity index (χ0) is 14.7. The van der Waals surface area contributed by atoms with E-state index in [1.807, 2.05) is 0 Å². The van der Waals surface area contributed by atoms with E-state index in [0.29, 0.717) is 0 Å². The van der Waals surface area contributed by atoms with E-state index in [2.05, 4.69) is 17.9 Å². The first-order valence-corrected chi connectivity index (χ1v) is 6.70. The molecule has 1 atom stereocenters. The molecule has 0 rings (SSSR count). The van der Waals surface area contributed by atoms with Crippen LogP contribution in [0.15, 0.2) is 25.3 Å². The van der Waals surface area contributed by atoms with Crippen molar-refractivity contribution < 1.29 is 23.9 Å². The lowest BCUT2D eigenvalue weighted by molar-refractivity contribution is -0.153. The van der Waals surface area contributed by atoms with Gasteiger partial charge in [-0.25, -0.2) is 9.59 Å². The van der Waals surface area contributed by atoms with Gasteiger partial charge in [-0.15, -0.1) is 0 Å². The second-order valence-electron chi connectivity index (χ2n) is 3.37. The van der Waals surface area contributed by atoms with Crippen LogP contribution in [0.25, 0.3) is 0 Å². The summed E-state index contributed by atoms with van der Waals surface area (Å²) in [5.41, 5.74) is 0. The fourth-order valence-corrected chi connectivity index (χ4v) is 1.41. The lowest BCUT2D eigenvalue weighted by atomic mass is 10.2. The maximum Gasteiger partial charge on any atom is 0.330 e. The highest BCUT2D eigenvalue weighted by Gasteiger charge is 2.16. The van der Waals surface area contributed by atoms with Gasteiger partial charge in [0.1, 0.15) is 12.7 Å². The van der Waals surface area contributed by atoms with Gasteiger partial charge in [0, 0.05) is 24.8 Å². The van der Waals surface area contributed by atoms with E-state index in [4.69, 9.17) is 9.47 Å². The van der Waals surface area contributed by atoms with E-state index in [1.54, 1.807) is 6.26 Å². The van der Waals surface area contributed by atoms with E-state index in [9.17, 15) is 14.4 Å². The Kier molecular flexibility index (Phi) is 9.25. The molecule has 1 N–H and O–H groups in total. The fraction of sp³-hybridized carbons (Fsp3) is 0.417. The fourth-order valence-electron chi connectivity index (χ4n) is 1.08. The number of hydrogen-bond acceptors (Lipinski definition) is 6. The molecule has 19 heavy (non-hydrogen) atoms. The molecule has 0 aromatic rings. The Hall–Kier alpha value is -1.76. The predicted octanol–water partition coefficient (Wildman–Crippen LogP) is 0.988. The Morgan fingerprint density at radius 2 is 1.89 bits per heavy atom. The predicted molar refractivity (Wildman–Crippen MR) is 72.1 cm³/mol. The summed E-state index contributed by atoms with van der Waals surface area (Å²) < 4.78 is 12.3. The monoisotopic (exact) mass is 287 g/mol. The van der Waals surface area contributed by atoms with Crippen molar-refractivity contribution in [2.45, 2.75) is 18.9 Å². The van der Waals surface area contributed by atoms with Gasteiger partial charge in [0.15, 0.2) is 0 Å². The molecule has 0 saturated heterocycles. The molecule has 0 saturated carbocycles. The topological polar surface area (TPSA) is 81.7 Å². The molecule has 0 radical (unpaired) electrons. The van der Waals surface area contributed by atoms with Crippen molar-refractivity contribution in [1.82, 2.24) is 4.72 Å². The summed E-state index contributed by atoms with van der Waals surface area (Å²) in [6, 6.07) is 0. The molecule has 106 valence electrons. The minimum Gasteiger partial charge on any atom is -0.459 e. The van der Waals surface area contributed by atoms with Crippen molar-refractivity contribution in [3.63, 3.8) is 0 Å². The molecular weight excluding hydrogens is 270 g/mol. The normalized spacial score (nSPS) is 11.0. The molecule has 0 aromatic heterocycles. The third-order valence-electron chi connectivity index (χ3n) is 1.94. The average molecular weight is 287 g/mol. The van der Waals surface area contributed by atoms with Gasteiger partial charge in [0.25, 0.3) is 0 Å². The van der Waals surface area contributed by atoms with Gasteiger partial charge in [-0.3, -0.25) is 4.79 Å². The molecule has 0 heterocycles. The third-order valence-corrected chi connectivity index (χ3v) is 2.37. The van der Waals surface area contributed by atoms with Gasteiger partial charge in [-0.1, -0.05) is 25.1 Å². The van der Waals surface area contributed by atoms with Gasteiger partial charge >= 0.3 is 11.9 Å². The highest BCUT2D eigenvalue weighted by molar-refractivity contribution is 7.97. The molecular formula is C12H17NO5S. The molecule has 0 aromatic carbocycles. The lowest BCUT2D eigenvalue weighted by Crippen LogP contribution is -2.26. The van der Waals surface area contributed by atoms with Gasteiger partial charge < -0.3 is 14.2 Å². The number of rotatable bonds is 9. The number of carbonyl (C=O) groups is 3. The number of carbonyl (C=O) groups excluding carboxylic acids is 3. The van der Waals surface area contributed by atoms with Crippen LogP contribution in [0.2, 0.25) is 0 Å². The molecule has 7 heteroatoms. The molecule has 1 unspecified atom stereocenters. The van der Waals surface area contributed by atoms with Crippen LogP contribution in [0, 0.1) is 0 Å². The Morgan fingerprint density at radius 1 is 1.26 bits per heavy atom. The number of ether oxygens (including phenoxy) is 2. The van der Waals surface area contributed by atoms with E-state index in [1.165, 1.54) is 11.9 Å². The molecule has 1 amide bonds. The molecule has 0 spiro atoms. The lowest BCUT2D eigenvalue weighted by Gasteiger charge is -2.16. The van der Waals surface area contributed by atoms with E-state index < -0.39 is 18.0 Å². The van der Waals surface area contributed by atoms with Gasteiger partial charge in [0.05, 0.1) is 0 Å². The quantitative estimate of drug-likeness (QED) is 0.387.